The first-order valence-electron chi connectivity index (χ1n) is 6.94. The molecular weight excluding hydrogens is 262 g/mol. The number of hydrogen-bond acceptors (Lipinski definition) is 5. The van der Waals surface area contributed by atoms with Gasteiger partial charge in [0.1, 0.15) is 5.60 Å². The monoisotopic (exact) mass is 287 g/mol. The highest BCUT2D eigenvalue weighted by Crippen LogP contribution is 2.18. The minimum absolute atomic E-state index is 0.0252. The van der Waals surface area contributed by atoms with Gasteiger partial charge in [0, 0.05) is 13.1 Å². The van der Waals surface area contributed by atoms with Gasteiger partial charge in [-0.05, 0) is 40.5 Å². The van der Waals surface area contributed by atoms with Gasteiger partial charge in [-0.25, -0.2) is 9.59 Å². The van der Waals surface area contributed by atoms with E-state index in [9.17, 15) is 9.59 Å². The number of piperidine rings is 1. The first-order chi connectivity index (χ1) is 9.23. The van der Waals surface area contributed by atoms with Crippen LogP contribution in [0.25, 0.3) is 0 Å². The van der Waals surface area contributed by atoms with Gasteiger partial charge in [0.25, 0.3) is 0 Å². The molecule has 0 bridgehead atoms. The van der Waals surface area contributed by atoms with Gasteiger partial charge in [-0.15, -0.1) is 0 Å². The first-order valence-corrected chi connectivity index (χ1v) is 6.94. The summed E-state index contributed by atoms with van der Waals surface area (Å²) in [6.07, 6.45) is 0.499. The normalized spacial score (nSPS) is 18.6. The molecule has 1 atom stereocenters. The van der Waals surface area contributed by atoms with Gasteiger partial charge >= 0.3 is 12.1 Å². The molecule has 1 aliphatic heterocycles. The van der Waals surface area contributed by atoms with Gasteiger partial charge in [-0.2, -0.15) is 0 Å². The van der Waals surface area contributed by atoms with Crippen molar-refractivity contribution in [3.63, 3.8) is 0 Å². The molecule has 6 nitrogen and oxygen atoms in total. The average molecular weight is 287 g/mol. The second-order valence-corrected chi connectivity index (χ2v) is 5.97. The van der Waals surface area contributed by atoms with Crippen LogP contribution in [0.3, 0.4) is 0 Å². The van der Waals surface area contributed by atoms with Crippen LogP contribution in [0.4, 0.5) is 4.79 Å². The minimum Gasteiger partial charge on any atom is -0.467 e. The van der Waals surface area contributed by atoms with Crippen LogP contribution in [0, 0.1) is 0 Å². The maximum absolute atomic E-state index is 11.9. The average Bonchev–Trinajstić information content (AvgIpc) is 2.36. The zero-order chi connectivity index (χ0) is 15.3. The smallest absolute Gasteiger partial charge is 0.410 e. The molecule has 0 aromatic carbocycles. The Morgan fingerprint density at radius 3 is 2.20 bits per heavy atom. The Morgan fingerprint density at radius 1 is 1.20 bits per heavy atom. The van der Waals surface area contributed by atoms with E-state index in [0.29, 0.717) is 25.9 Å². The van der Waals surface area contributed by atoms with Crippen LogP contribution in [0.5, 0.6) is 0 Å². The van der Waals surface area contributed by atoms with Crippen molar-refractivity contribution in [3.05, 3.63) is 0 Å². The standard InChI is InChI=1S/C14H25NO5/c1-10(12(16)18-5)19-11-6-8-15(9-7-11)13(17)20-14(2,3)4/h10-11H,6-9H2,1-5H3/t10-/m0/s1. The Balaban J connectivity index is 2.36. The van der Waals surface area contributed by atoms with E-state index in [4.69, 9.17) is 9.47 Å². The predicted molar refractivity (Wildman–Crippen MR) is 73.4 cm³/mol. The van der Waals surface area contributed by atoms with Crippen molar-refractivity contribution in [2.75, 3.05) is 20.2 Å². The summed E-state index contributed by atoms with van der Waals surface area (Å²) in [5, 5.41) is 0. The number of hydrogen-bond donors (Lipinski definition) is 0. The van der Waals surface area contributed by atoms with Crippen LogP contribution in [0.1, 0.15) is 40.5 Å². The van der Waals surface area contributed by atoms with Crippen LogP contribution < -0.4 is 0 Å². The fourth-order valence-electron chi connectivity index (χ4n) is 2.01. The van der Waals surface area contributed by atoms with Crippen molar-refractivity contribution in [2.45, 2.75) is 58.3 Å². The lowest BCUT2D eigenvalue weighted by atomic mass is 10.1. The summed E-state index contributed by atoms with van der Waals surface area (Å²) in [7, 11) is 1.34. The maximum Gasteiger partial charge on any atom is 0.410 e. The summed E-state index contributed by atoms with van der Waals surface area (Å²) in [6.45, 7) is 8.36. The van der Waals surface area contributed by atoms with E-state index in [1.54, 1.807) is 11.8 Å². The number of likely N-dealkylation sites (tertiary alicyclic amines) is 1. The Bertz CT molecular complexity index is 342. The lowest BCUT2D eigenvalue weighted by Crippen LogP contribution is -2.44. The zero-order valence-corrected chi connectivity index (χ0v) is 13.0. The van der Waals surface area contributed by atoms with E-state index in [-0.39, 0.29) is 18.2 Å². The van der Waals surface area contributed by atoms with E-state index >= 15 is 0 Å². The van der Waals surface area contributed by atoms with E-state index in [1.807, 2.05) is 20.8 Å². The van der Waals surface area contributed by atoms with Crippen LogP contribution in [0.2, 0.25) is 0 Å². The second kappa shape index (κ2) is 6.92. The number of carbonyl (C=O) groups is 2. The fraction of sp³-hybridized carbons (Fsp3) is 0.857. The van der Waals surface area contributed by atoms with Gasteiger partial charge in [-0.3, -0.25) is 0 Å². The Labute approximate surface area is 120 Å². The van der Waals surface area contributed by atoms with Crippen molar-refractivity contribution >= 4 is 12.1 Å². The third-order valence-electron chi connectivity index (χ3n) is 3.02. The summed E-state index contributed by atoms with van der Waals surface area (Å²) in [5.74, 6) is -0.375. The third-order valence-corrected chi connectivity index (χ3v) is 3.02. The van der Waals surface area contributed by atoms with Crippen LogP contribution in [0.15, 0.2) is 0 Å². The van der Waals surface area contributed by atoms with E-state index in [1.165, 1.54) is 7.11 Å². The molecule has 0 spiro atoms. The summed E-state index contributed by atoms with van der Waals surface area (Å²) < 4.78 is 15.6. The number of esters is 1. The number of ether oxygens (including phenoxy) is 3. The molecule has 0 unspecified atom stereocenters. The fourth-order valence-corrected chi connectivity index (χ4v) is 2.01. The molecule has 0 aromatic rings. The zero-order valence-electron chi connectivity index (χ0n) is 13.0. The maximum atomic E-state index is 11.9. The second-order valence-electron chi connectivity index (χ2n) is 5.97. The van der Waals surface area contributed by atoms with Gasteiger partial charge in [-0.1, -0.05) is 0 Å². The summed E-state index contributed by atoms with van der Waals surface area (Å²) in [6, 6.07) is 0. The van der Waals surface area contributed by atoms with Crippen molar-refractivity contribution < 1.29 is 23.8 Å². The number of amides is 1. The Morgan fingerprint density at radius 2 is 1.75 bits per heavy atom. The van der Waals surface area contributed by atoms with Crippen molar-refractivity contribution in [1.29, 1.82) is 0 Å². The van der Waals surface area contributed by atoms with Crippen LogP contribution >= 0.6 is 0 Å². The molecule has 1 saturated heterocycles. The quantitative estimate of drug-likeness (QED) is 0.742. The molecule has 20 heavy (non-hydrogen) atoms. The van der Waals surface area contributed by atoms with Crippen molar-refractivity contribution in [3.8, 4) is 0 Å². The number of carbonyl (C=O) groups excluding carboxylic acids is 2. The molecule has 0 N–H and O–H groups in total. The van der Waals surface area contributed by atoms with Crippen LogP contribution in [-0.4, -0.2) is 55.0 Å². The molecule has 1 fully saturated rings. The summed E-state index contributed by atoms with van der Waals surface area (Å²) in [5.41, 5.74) is -0.482. The minimum atomic E-state index is -0.571. The molecule has 0 radical (unpaired) electrons. The highest BCUT2D eigenvalue weighted by Gasteiger charge is 2.29. The molecule has 0 aromatic heterocycles. The molecule has 1 heterocycles. The van der Waals surface area contributed by atoms with Crippen molar-refractivity contribution in [1.82, 2.24) is 4.90 Å². The topological polar surface area (TPSA) is 65.1 Å². The van der Waals surface area contributed by atoms with Gasteiger partial charge in [0.15, 0.2) is 6.10 Å². The Hall–Kier alpha value is -1.30. The predicted octanol–water partition coefficient (Wildman–Crippen LogP) is 1.96. The van der Waals surface area contributed by atoms with E-state index in [0.717, 1.165) is 0 Å². The van der Waals surface area contributed by atoms with E-state index in [2.05, 4.69) is 4.74 Å². The number of methoxy groups -OCH3 is 1. The van der Waals surface area contributed by atoms with E-state index < -0.39 is 11.7 Å². The van der Waals surface area contributed by atoms with Gasteiger partial charge in [0.2, 0.25) is 0 Å². The Kier molecular flexibility index (Phi) is 5.80. The molecule has 6 heteroatoms. The first kappa shape index (κ1) is 16.8. The molecule has 0 aliphatic carbocycles. The molecule has 0 saturated carbocycles. The third kappa shape index (κ3) is 5.36. The van der Waals surface area contributed by atoms with Gasteiger partial charge in [0.05, 0.1) is 13.2 Å². The summed E-state index contributed by atoms with van der Waals surface area (Å²) >= 11 is 0. The number of rotatable bonds is 3. The molecule has 1 rings (SSSR count). The molecular formula is C14H25NO5. The lowest BCUT2D eigenvalue weighted by molar-refractivity contribution is -0.158. The van der Waals surface area contributed by atoms with Crippen molar-refractivity contribution in [2.24, 2.45) is 0 Å². The van der Waals surface area contributed by atoms with Crippen LogP contribution in [-0.2, 0) is 19.0 Å². The largest absolute Gasteiger partial charge is 0.467 e. The highest BCUT2D eigenvalue weighted by atomic mass is 16.6. The summed E-state index contributed by atoms with van der Waals surface area (Å²) in [4.78, 5) is 24.8. The highest BCUT2D eigenvalue weighted by molar-refractivity contribution is 5.74. The van der Waals surface area contributed by atoms with Gasteiger partial charge < -0.3 is 19.1 Å². The SMILES string of the molecule is COC(=O)[C@H](C)OC1CCN(C(=O)OC(C)(C)C)CC1. The molecule has 116 valence electrons. The molecule has 1 amide bonds. The number of nitrogens with zero attached hydrogens (tertiary/aromatic N) is 1. The molecule has 1 aliphatic rings. The lowest BCUT2D eigenvalue weighted by Gasteiger charge is -2.34.